The summed E-state index contributed by atoms with van der Waals surface area (Å²) in [5.41, 5.74) is 14.7. The van der Waals surface area contributed by atoms with Gasteiger partial charge in [-0.3, -0.25) is 4.79 Å². The molecule has 0 aliphatic heterocycles. The van der Waals surface area contributed by atoms with Gasteiger partial charge in [-0.15, -0.1) is 11.3 Å². The number of aryl methyl sites for hydroxylation is 3. The number of para-hydroxylation sites is 1. The van der Waals surface area contributed by atoms with Crippen molar-refractivity contribution in [3.8, 4) is 28.1 Å². The zero-order chi connectivity index (χ0) is 24.7. The third-order valence-electron chi connectivity index (χ3n) is 6.46. The molecule has 0 saturated heterocycles. The van der Waals surface area contributed by atoms with Crippen molar-refractivity contribution in [1.29, 1.82) is 0 Å². The Morgan fingerprint density at radius 3 is 2.29 bits per heavy atom. The number of ether oxygens (including phenoxy) is 1. The molecule has 0 saturated carbocycles. The number of pyridine rings is 1. The van der Waals surface area contributed by atoms with Crippen LogP contribution in [-0.4, -0.2) is 17.9 Å². The molecule has 0 atom stereocenters. The monoisotopic (exact) mass is 478 g/mol. The van der Waals surface area contributed by atoms with E-state index in [0.29, 0.717) is 16.1 Å². The van der Waals surface area contributed by atoms with Gasteiger partial charge in [0.1, 0.15) is 15.5 Å². The number of nitrogens with two attached hydrogens (primary N) is 1. The number of anilines is 1. The van der Waals surface area contributed by atoms with Gasteiger partial charge >= 0.3 is 0 Å². The summed E-state index contributed by atoms with van der Waals surface area (Å²) in [5.74, 6) is 0.667. The molecule has 0 aliphatic carbocycles. The first-order chi connectivity index (χ1) is 16.9. The minimum Gasteiger partial charge on any atom is -0.496 e. The number of benzene rings is 3. The number of hydrogen-bond donors (Lipinski definition) is 1. The van der Waals surface area contributed by atoms with Gasteiger partial charge in [-0.05, 0) is 61.2 Å². The Labute approximate surface area is 209 Å². The number of nitrogen functional groups attached to an aromatic ring is 1. The second-order valence-electron chi connectivity index (χ2n) is 8.73. The average Bonchev–Trinajstić information content (AvgIpc) is 3.22. The van der Waals surface area contributed by atoms with Crippen LogP contribution in [0.25, 0.3) is 32.6 Å². The van der Waals surface area contributed by atoms with Gasteiger partial charge in [0, 0.05) is 22.1 Å². The minimum absolute atomic E-state index is 0.0710. The molecule has 174 valence electrons. The lowest BCUT2D eigenvalue weighted by atomic mass is 9.95. The van der Waals surface area contributed by atoms with Gasteiger partial charge in [0.25, 0.3) is 0 Å². The Bertz CT molecular complexity index is 1590. The van der Waals surface area contributed by atoms with Gasteiger partial charge in [-0.2, -0.15) is 0 Å². The quantitative estimate of drug-likeness (QED) is 0.268. The summed E-state index contributed by atoms with van der Waals surface area (Å²) in [5, 5.41) is 0.781. The number of nitrogens with zero attached hydrogens (tertiary/aromatic N) is 1. The molecule has 2 heterocycles. The standard InChI is InChI=1S/C30H26N2O2S/c1-17-14-19(3)22(15-18(17)2)28(33)29-27(31)26-23(21-12-8-9-13-25(21)34-4)16-24(32-30(26)35-29)20-10-6-5-7-11-20/h5-16H,31H2,1-4H3. The van der Waals surface area contributed by atoms with Gasteiger partial charge in [0.15, 0.2) is 0 Å². The molecule has 2 aromatic heterocycles. The molecule has 2 N–H and O–H groups in total. The van der Waals surface area contributed by atoms with Crippen molar-refractivity contribution < 1.29 is 9.53 Å². The second-order valence-corrected chi connectivity index (χ2v) is 9.73. The van der Waals surface area contributed by atoms with E-state index in [1.807, 2.05) is 80.6 Å². The predicted molar refractivity (Wildman–Crippen MR) is 146 cm³/mol. The van der Waals surface area contributed by atoms with Crippen LogP contribution in [0.1, 0.15) is 31.9 Å². The van der Waals surface area contributed by atoms with E-state index >= 15 is 0 Å². The Balaban J connectivity index is 1.79. The molecule has 0 unspecified atom stereocenters. The van der Waals surface area contributed by atoms with Gasteiger partial charge in [-0.25, -0.2) is 4.98 Å². The maximum atomic E-state index is 13.7. The second kappa shape index (κ2) is 9.01. The summed E-state index contributed by atoms with van der Waals surface area (Å²) < 4.78 is 5.67. The van der Waals surface area contributed by atoms with E-state index in [0.717, 1.165) is 55.0 Å². The lowest BCUT2D eigenvalue weighted by molar-refractivity contribution is 0.104. The summed E-state index contributed by atoms with van der Waals surface area (Å²) in [7, 11) is 1.66. The Kier molecular flexibility index (Phi) is 5.87. The molecule has 0 spiro atoms. The number of rotatable bonds is 5. The van der Waals surface area contributed by atoms with Crippen molar-refractivity contribution in [3.05, 3.63) is 99.9 Å². The lowest BCUT2D eigenvalue weighted by Gasteiger charge is -2.12. The van der Waals surface area contributed by atoms with Crippen LogP contribution >= 0.6 is 11.3 Å². The number of fused-ring (bicyclic) bond motifs is 1. The minimum atomic E-state index is -0.0710. The number of ketones is 1. The van der Waals surface area contributed by atoms with Crippen LogP contribution < -0.4 is 10.5 Å². The number of thiophene rings is 1. The molecule has 5 rings (SSSR count). The Hall–Kier alpha value is -3.96. The van der Waals surface area contributed by atoms with E-state index in [2.05, 4.69) is 13.0 Å². The highest BCUT2D eigenvalue weighted by Crippen LogP contribution is 2.44. The Morgan fingerprint density at radius 1 is 0.857 bits per heavy atom. The van der Waals surface area contributed by atoms with Crippen LogP contribution in [0.15, 0.2) is 72.8 Å². The van der Waals surface area contributed by atoms with E-state index in [1.54, 1.807) is 7.11 Å². The van der Waals surface area contributed by atoms with E-state index in [9.17, 15) is 4.79 Å². The van der Waals surface area contributed by atoms with Crippen molar-refractivity contribution in [2.24, 2.45) is 0 Å². The molecule has 0 bridgehead atoms. The number of aromatic nitrogens is 1. The van der Waals surface area contributed by atoms with Gasteiger partial charge in [-0.1, -0.05) is 54.6 Å². The largest absolute Gasteiger partial charge is 0.496 e. The molecule has 4 nitrogen and oxygen atoms in total. The molecule has 3 aromatic carbocycles. The highest BCUT2D eigenvalue weighted by molar-refractivity contribution is 7.21. The van der Waals surface area contributed by atoms with Gasteiger partial charge < -0.3 is 10.5 Å². The first-order valence-corrected chi connectivity index (χ1v) is 12.2. The fourth-order valence-corrected chi connectivity index (χ4v) is 5.53. The van der Waals surface area contributed by atoms with Crippen LogP contribution in [0.4, 0.5) is 5.69 Å². The average molecular weight is 479 g/mol. The first kappa shape index (κ1) is 22.8. The van der Waals surface area contributed by atoms with E-state index < -0.39 is 0 Å². The summed E-state index contributed by atoms with van der Waals surface area (Å²) in [6, 6.07) is 23.9. The maximum absolute atomic E-state index is 13.7. The lowest BCUT2D eigenvalue weighted by Crippen LogP contribution is -2.05. The van der Waals surface area contributed by atoms with Crippen LogP contribution in [-0.2, 0) is 0 Å². The number of carbonyl (C=O) groups excluding carboxylic acids is 1. The van der Waals surface area contributed by atoms with Crippen LogP contribution in [0.5, 0.6) is 5.75 Å². The van der Waals surface area contributed by atoms with Gasteiger partial charge in [0.05, 0.1) is 18.5 Å². The molecule has 0 radical (unpaired) electrons. The van der Waals surface area contributed by atoms with Gasteiger partial charge in [0.2, 0.25) is 5.78 Å². The zero-order valence-corrected chi connectivity index (χ0v) is 21.0. The van der Waals surface area contributed by atoms with Crippen LogP contribution in [0.2, 0.25) is 0 Å². The third kappa shape index (κ3) is 3.98. The molecular weight excluding hydrogens is 452 g/mol. The SMILES string of the molecule is COc1ccccc1-c1cc(-c2ccccc2)nc2sc(C(=O)c3cc(C)c(C)cc3C)c(N)c12. The number of carbonyl (C=O) groups is 1. The topological polar surface area (TPSA) is 65.2 Å². The third-order valence-corrected chi connectivity index (χ3v) is 7.56. The molecule has 35 heavy (non-hydrogen) atoms. The number of hydrogen-bond acceptors (Lipinski definition) is 5. The zero-order valence-electron chi connectivity index (χ0n) is 20.2. The van der Waals surface area contributed by atoms with E-state index in [-0.39, 0.29) is 5.78 Å². The Morgan fingerprint density at radius 2 is 1.54 bits per heavy atom. The van der Waals surface area contributed by atoms with Crippen molar-refractivity contribution in [3.63, 3.8) is 0 Å². The molecule has 0 fully saturated rings. The summed E-state index contributed by atoms with van der Waals surface area (Å²) in [4.78, 5) is 19.9. The summed E-state index contributed by atoms with van der Waals surface area (Å²) >= 11 is 1.35. The molecular formula is C30H26N2O2S. The van der Waals surface area contributed by atoms with Crippen molar-refractivity contribution in [1.82, 2.24) is 4.98 Å². The summed E-state index contributed by atoms with van der Waals surface area (Å²) in [6.45, 7) is 6.04. The highest BCUT2D eigenvalue weighted by atomic mass is 32.1. The molecule has 0 amide bonds. The molecule has 0 aliphatic rings. The predicted octanol–water partition coefficient (Wildman–Crippen LogP) is 7.38. The maximum Gasteiger partial charge on any atom is 0.205 e. The van der Waals surface area contributed by atoms with Crippen molar-refractivity contribution in [2.45, 2.75) is 20.8 Å². The summed E-state index contributed by atoms with van der Waals surface area (Å²) in [6.07, 6.45) is 0. The molecule has 5 aromatic rings. The van der Waals surface area contributed by atoms with Crippen LogP contribution in [0.3, 0.4) is 0 Å². The smallest absolute Gasteiger partial charge is 0.205 e. The highest BCUT2D eigenvalue weighted by Gasteiger charge is 2.24. The first-order valence-electron chi connectivity index (χ1n) is 11.4. The van der Waals surface area contributed by atoms with Crippen LogP contribution in [0, 0.1) is 20.8 Å². The van der Waals surface area contributed by atoms with Crippen molar-refractivity contribution in [2.75, 3.05) is 12.8 Å². The molecule has 5 heteroatoms. The fourth-order valence-electron chi connectivity index (χ4n) is 4.45. The van der Waals surface area contributed by atoms with Crippen molar-refractivity contribution >= 4 is 33.0 Å². The number of methoxy groups -OCH3 is 1. The fraction of sp³-hybridized carbons (Fsp3) is 0.133. The normalized spacial score (nSPS) is 11.1. The van der Waals surface area contributed by atoms with E-state index in [1.165, 1.54) is 11.3 Å². The van der Waals surface area contributed by atoms with E-state index in [4.69, 9.17) is 15.5 Å².